The molecule has 0 aromatic heterocycles. The first kappa shape index (κ1) is 14.7. The van der Waals surface area contributed by atoms with Gasteiger partial charge in [-0.3, -0.25) is 9.59 Å². The molecule has 6 nitrogen and oxygen atoms in total. The number of carbonyl (C=O) groups is 2. The van der Waals surface area contributed by atoms with Crippen molar-refractivity contribution in [2.45, 2.75) is 32.8 Å². The molecule has 16 heavy (non-hydrogen) atoms. The summed E-state index contributed by atoms with van der Waals surface area (Å²) in [7, 11) is 0. The van der Waals surface area contributed by atoms with E-state index in [0.717, 1.165) is 0 Å². The molecule has 92 valence electrons. The highest BCUT2D eigenvalue weighted by atomic mass is 35.5. The van der Waals surface area contributed by atoms with Crippen LogP contribution in [0.1, 0.15) is 27.2 Å². The average Bonchev–Trinajstić information content (AvgIpc) is 2.13. The summed E-state index contributed by atoms with van der Waals surface area (Å²) in [5.41, 5.74) is -0.631. The van der Waals surface area contributed by atoms with Gasteiger partial charge in [-0.15, -0.1) is 11.6 Å². The number of hydrogen-bond acceptors (Lipinski definition) is 5. The van der Waals surface area contributed by atoms with Crippen molar-refractivity contribution in [3.63, 3.8) is 0 Å². The number of hydrogen-bond donors (Lipinski definition) is 2. The smallest absolute Gasteiger partial charge is 0.314 e. The van der Waals surface area contributed by atoms with Crippen LogP contribution in [0.15, 0.2) is 5.16 Å². The molecule has 0 aliphatic heterocycles. The van der Waals surface area contributed by atoms with E-state index < -0.39 is 17.5 Å². The fraction of sp³-hybridized carbons (Fsp3) is 0.667. The van der Waals surface area contributed by atoms with E-state index in [4.69, 9.17) is 21.5 Å². The summed E-state index contributed by atoms with van der Waals surface area (Å²) in [5.74, 6) is -1.64. The lowest BCUT2D eigenvalue weighted by Crippen LogP contribution is -2.35. The number of amidine groups is 1. The number of amides is 1. The maximum absolute atomic E-state index is 11.3. The van der Waals surface area contributed by atoms with Gasteiger partial charge in [0.15, 0.2) is 5.84 Å². The number of rotatable bonds is 3. The summed E-state index contributed by atoms with van der Waals surface area (Å²) >= 11 is 5.23. The molecule has 0 radical (unpaired) electrons. The fourth-order valence-electron chi connectivity index (χ4n) is 0.813. The zero-order chi connectivity index (χ0) is 12.8. The molecule has 0 fully saturated rings. The zero-order valence-electron chi connectivity index (χ0n) is 9.41. The molecule has 0 bridgehead atoms. The maximum atomic E-state index is 11.3. The van der Waals surface area contributed by atoms with E-state index in [1.54, 1.807) is 20.8 Å². The van der Waals surface area contributed by atoms with Crippen LogP contribution >= 0.6 is 11.6 Å². The van der Waals surface area contributed by atoms with E-state index in [1.165, 1.54) is 0 Å². The van der Waals surface area contributed by atoms with Gasteiger partial charge in [-0.2, -0.15) is 0 Å². The van der Waals surface area contributed by atoms with Gasteiger partial charge in [0.1, 0.15) is 17.9 Å². The molecule has 0 spiro atoms. The van der Waals surface area contributed by atoms with Gasteiger partial charge in [0.05, 0.1) is 0 Å². The number of carbonyl (C=O) groups excluding carboxylic acids is 2. The summed E-state index contributed by atoms with van der Waals surface area (Å²) < 4.78 is 4.97. The standard InChI is InChI=1S/C9H15ClN2O4/c1-9(2,3)16-8(14)4-6(12-15)11-7(13)5-10/h15H,4-5H2,1-3H3,(H,11,12,13). The first-order valence-electron chi connectivity index (χ1n) is 4.57. The van der Waals surface area contributed by atoms with E-state index in [0.29, 0.717) is 0 Å². The summed E-state index contributed by atoms with van der Waals surface area (Å²) in [6.45, 7) is 5.12. The Morgan fingerprint density at radius 2 is 2.00 bits per heavy atom. The second-order valence-corrected chi connectivity index (χ2v) is 4.26. The molecule has 2 N–H and O–H groups in total. The Morgan fingerprint density at radius 3 is 2.38 bits per heavy atom. The monoisotopic (exact) mass is 250 g/mol. The zero-order valence-corrected chi connectivity index (χ0v) is 10.2. The number of nitrogens with zero attached hydrogens (tertiary/aromatic N) is 1. The van der Waals surface area contributed by atoms with Crippen molar-refractivity contribution in [3.8, 4) is 0 Å². The van der Waals surface area contributed by atoms with Gasteiger partial charge in [0.25, 0.3) is 0 Å². The van der Waals surface area contributed by atoms with Crippen molar-refractivity contribution in [1.29, 1.82) is 0 Å². The summed E-state index contributed by atoms with van der Waals surface area (Å²) in [4.78, 5) is 22.2. The predicted molar refractivity (Wildman–Crippen MR) is 58.5 cm³/mol. The molecule has 0 aliphatic carbocycles. The van der Waals surface area contributed by atoms with Crippen molar-refractivity contribution in [1.82, 2.24) is 5.32 Å². The number of halogens is 1. The molecule has 7 heteroatoms. The lowest BCUT2D eigenvalue weighted by Gasteiger charge is -2.19. The largest absolute Gasteiger partial charge is 0.460 e. The van der Waals surface area contributed by atoms with Crippen LogP contribution in [-0.4, -0.2) is 34.4 Å². The van der Waals surface area contributed by atoms with E-state index >= 15 is 0 Å². The topological polar surface area (TPSA) is 88.0 Å². The third kappa shape index (κ3) is 7.05. The predicted octanol–water partition coefficient (Wildman–Crippen LogP) is 0.861. The first-order valence-corrected chi connectivity index (χ1v) is 5.10. The van der Waals surface area contributed by atoms with Gasteiger partial charge in [0, 0.05) is 0 Å². The van der Waals surface area contributed by atoms with Gasteiger partial charge in [-0.25, -0.2) is 0 Å². The third-order valence-electron chi connectivity index (χ3n) is 1.26. The Balaban J connectivity index is 4.25. The number of esters is 1. The van der Waals surface area contributed by atoms with Gasteiger partial charge in [0.2, 0.25) is 5.91 Å². The Bertz CT molecular complexity index is 296. The Hall–Kier alpha value is -1.30. The fourth-order valence-corrected chi connectivity index (χ4v) is 0.880. The summed E-state index contributed by atoms with van der Waals surface area (Å²) in [5, 5.41) is 13.5. The van der Waals surface area contributed by atoms with Gasteiger partial charge in [-0.05, 0) is 20.8 Å². The average molecular weight is 251 g/mol. The maximum Gasteiger partial charge on any atom is 0.314 e. The molecule has 0 rings (SSSR count). The van der Waals surface area contributed by atoms with Gasteiger partial charge < -0.3 is 15.3 Å². The number of nitrogens with one attached hydrogen (secondary N) is 1. The minimum absolute atomic E-state index is 0.195. The molecular formula is C9H15ClN2O4. The minimum Gasteiger partial charge on any atom is -0.460 e. The first-order chi connectivity index (χ1) is 7.28. The van der Waals surface area contributed by atoms with Crippen LogP contribution in [0.3, 0.4) is 0 Å². The SMILES string of the molecule is CC(C)(C)OC(=O)CC(=NO)NC(=O)CCl. The van der Waals surface area contributed by atoms with Crippen LogP contribution in [0.4, 0.5) is 0 Å². The van der Waals surface area contributed by atoms with Crippen LogP contribution in [-0.2, 0) is 14.3 Å². The highest BCUT2D eigenvalue weighted by Gasteiger charge is 2.19. The minimum atomic E-state index is -0.631. The van der Waals surface area contributed by atoms with E-state index in [-0.39, 0.29) is 18.1 Å². The summed E-state index contributed by atoms with van der Waals surface area (Å²) in [6, 6.07) is 0. The van der Waals surface area contributed by atoms with E-state index in [1.807, 2.05) is 0 Å². The van der Waals surface area contributed by atoms with E-state index in [2.05, 4.69) is 10.5 Å². The lowest BCUT2D eigenvalue weighted by atomic mass is 10.2. The van der Waals surface area contributed by atoms with Crippen LogP contribution in [0.25, 0.3) is 0 Å². The van der Waals surface area contributed by atoms with Crippen LogP contribution < -0.4 is 5.32 Å². The van der Waals surface area contributed by atoms with Gasteiger partial charge >= 0.3 is 5.97 Å². The summed E-state index contributed by atoms with van der Waals surface area (Å²) in [6.07, 6.45) is -0.323. The number of alkyl halides is 1. The van der Waals surface area contributed by atoms with Crippen molar-refractivity contribution < 1.29 is 19.5 Å². The normalized spacial score (nSPS) is 12.1. The van der Waals surface area contributed by atoms with Crippen molar-refractivity contribution in [2.75, 3.05) is 5.88 Å². The molecule has 0 aromatic carbocycles. The molecule has 1 amide bonds. The lowest BCUT2D eigenvalue weighted by molar-refractivity contribution is -0.153. The Morgan fingerprint density at radius 1 is 1.44 bits per heavy atom. The number of ether oxygens (including phenoxy) is 1. The Labute approximate surface area is 98.6 Å². The Kier molecular flexibility index (Phi) is 5.81. The second kappa shape index (κ2) is 6.32. The van der Waals surface area contributed by atoms with Gasteiger partial charge in [-0.1, -0.05) is 5.16 Å². The molecule has 0 aromatic rings. The second-order valence-electron chi connectivity index (χ2n) is 3.99. The number of oxime groups is 1. The molecule has 0 saturated heterocycles. The molecule has 0 aliphatic rings. The molecule has 0 unspecified atom stereocenters. The van der Waals surface area contributed by atoms with Crippen LogP contribution in [0.5, 0.6) is 0 Å². The molecule has 0 heterocycles. The molecular weight excluding hydrogens is 236 g/mol. The van der Waals surface area contributed by atoms with Crippen LogP contribution in [0, 0.1) is 0 Å². The van der Waals surface area contributed by atoms with Crippen molar-refractivity contribution >= 4 is 29.3 Å². The van der Waals surface area contributed by atoms with Crippen LogP contribution in [0.2, 0.25) is 0 Å². The quantitative estimate of drug-likeness (QED) is 0.194. The third-order valence-corrected chi connectivity index (χ3v) is 1.50. The highest BCUT2D eigenvalue weighted by molar-refractivity contribution is 6.28. The van der Waals surface area contributed by atoms with Crippen molar-refractivity contribution in [2.24, 2.45) is 5.16 Å². The van der Waals surface area contributed by atoms with E-state index in [9.17, 15) is 9.59 Å². The van der Waals surface area contributed by atoms with Crippen molar-refractivity contribution in [3.05, 3.63) is 0 Å². The molecule has 0 atom stereocenters. The molecule has 0 saturated carbocycles. The highest BCUT2D eigenvalue weighted by Crippen LogP contribution is 2.08.